The maximum atomic E-state index is 11.9. The Morgan fingerprint density at radius 3 is 2.70 bits per heavy atom. The van der Waals surface area contributed by atoms with Gasteiger partial charge >= 0.3 is 0 Å². The summed E-state index contributed by atoms with van der Waals surface area (Å²) in [6.07, 6.45) is 1.38. The fourth-order valence-corrected chi connectivity index (χ4v) is 4.38. The van der Waals surface area contributed by atoms with Gasteiger partial charge in [0.15, 0.2) is 15.7 Å². The second-order valence-electron chi connectivity index (χ2n) is 4.65. The van der Waals surface area contributed by atoms with Crippen LogP contribution in [0.1, 0.15) is 6.42 Å². The van der Waals surface area contributed by atoms with Crippen LogP contribution in [0.2, 0.25) is 0 Å². The van der Waals surface area contributed by atoms with Crippen LogP contribution in [0.5, 0.6) is 0 Å². The zero-order valence-electron chi connectivity index (χ0n) is 10.6. The number of carbonyl (C=O) groups is 1. The highest BCUT2D eigenvalue weighted by Crippen LogP contribution is 2.22. The Bertz CT molecular complexity index is 749. The fraction of sp³-hybridized carbons (Fsp3) is 0.556. The van der Waals surface area contributed by atoms with Gasteiger partial charge in [-0.05, 0) is 6.42 Å². The van der Waals surface area contributed by atoms with Crippen LogP contribution in [0.3, 0.4) is 0 Å². The number of nitrogens with two attached hydrogens (primary N) is 1. The molecule has 11 heteroatoms. The number of primary sulfonamides is 1. The number of aryl methyl sites for hydroxylation is 1. The monoisotopic (exact) mass is 322 g/mol. The Hall–Kier alpha value is -1.46. The first-order valence-electron chi connectivity index (χ1n) is 5.66. The van der Waals surface area contributed by atoms with Crippen molar-refractivity contribution in [2.75, 3.05) is 16.8 Å². The standard InChI is InChI=1S/C9H14N4O5S2/c1-13-4-7(20(10,17)18)8(12-13)11-9(14)6-2-3-19(15,16)5-6/h4,6H,2-3,5H2,1H3,(H2,10,17,18)(H,11,12,14). The van der Waals surface area contributed by atoms with Crippen molar-refractivity contribution in [2.45, 2.75) is 11.3 Å². The Labute approximate surface area is 116 Å². The molecule has 1 aliphatic heterocycles. The van der Waals surface area contributed by atoms with E-state index in [1.54, 1.807) is 0 Å². The summed E-state index contributed by atoms with van der Waals surface area (Å²) >= 11 is 0. The highest BCUT2D eigenvalue weighted by molar-refractivity contribution is 7.91. The Morgan fingerprint density at radius 1 is 1.55 bits per heavy atom. The number of hydrogen-bond acceptors (Lipinski definition) is 6. The predicted molar refractivity (Wildman–Crippen MR) is 70.0 cm³/mol. The second kappa shape index (κ2) is 4.82. The van der Waals surface area contributed by atoms with Gasteiger partial charge in [-0.1, -0.05) is 0 Å². The van der Waals surface area contributed by atoms with Gasteiger partial charge in [0, 0.05) is 13.2 Å². The summed E-state index contributed by atoms with van der Waals surface area (Å²) in [5.41, 5.74) is 0. The molecular formula is C9H14N4O5S2. The van der Waals surface area contributed by atoms with Crippen molar-refractivity contribution < 1.29 is 21.6 Å². The summed E-state index contributed by atoms with van der Waals surface area (Å²) in [6, 6.07) is 0. The van der Waals surface area contributed by atoms with E-state index in [1.165, 1.54) is 11.7 Å². The van der Waals surface area contributed by atoms with Crippen LogP contribution in [0, 0.1) is 5.92 Å². The average Bonchev–Trinajstić information content (AvgIpc) is 2.81. The highest BCUT2D eigenvalue weighted by Gasteiger charge is 2.34. The van der Waals surface area contributed by atoms with Crippen molar-refractivity contribution in [2.24, 2.45) is 18.1 Å². The third-order valence-corrected chi connectivity index (χ3v) is 5.63. The molecule has 112 valence electrons. The van der Waals surface area contributed by atoms with Crippen LogP contribution in [-0.2, 0) is 31.7 Å². The van der Waals surface area contributed by atoms with Crippen molar-refractivity contribution in [3.05, 3.63) is 6.20 Å². The number of hydrogen-bond donors (Lipinski definition) is 2. The second-order valence-corrected chi connectivity index (χ2v) is 8.41. The third kappa shape index (κ3) is 3.16. The zero-order chi connectivity index (χ0) is 15.1. The van der Waals surface area contributed by atoms with Crippen molar-refractivity contribution in [1.29, 1.82) is 0 Å². The molecule has 0 radical (unpaired) electrons. The van der Waals surface area contributed by atoms with Gasteiger partial charge in [0.05, 0.1) is 17.4 Å². The molecule has 1 unspecified atom stereocenters. The molecule has 0 saturated carbocycles. The fourth-order valence-electron chi connectivity index (χ4n) is 1.98. The van der Waals surface area contributed by atoms with Gasteiger partial charge in [-0.25, -0.2) is 22.0 Å². The Kier molecular flexibility index (Phi) is 3.60. The van der Waals surface area contributed by atoms with E-state index in [4.69, 9.17) is 5.14 Å². The zero-order valence-corrected chi connectivity index (χ0v) is 12.2. The molecule has 20 heavy (non-hydrogen) atoms. The molecule has 1 saturated heterocycles. The summed E-state index contributed by atoms with van der Waals surface area (Å²) in [6.45, 7) is 0. The Balaban J connectivity index is 2.21. The normalized spacial score (nSPS) is 21.8. The highest BCUT2D eigenvalue weighted by atomic mass is 32.2. The maximum absolute atomic E-state index is 11.9. The number of amides is 1. The van der Waals surface area contributed by atoms with Crippen molar-refractivity contribution in [1.82, 2.24) is 9.78 Å². The molecule has 2 rings (SSSR count). The van der Waals surface area contributed by atoms with Gasteiger partial charge in [0.25, 0.3) is 0 Å². The van der Waals surface area contributed by atoms with E-state index in [0.29, 0.717) is 0 Å². The summed E-state index contributed by atoms with van der Waals surface area (Å²) in [7, 11) is -5.74. The molecule has 1 amide bonds. The van der Waals surface area contributed by atoms with Crippen LogP contribution < -0.4 is 10.5 Å². The molecule has 1 atom stereocenters. The molecule has 3 N–H and O–H groups in total. The average molecular weight is 322 g/mol. The molecule has 0 aliphatic carbocycles. The van der Waals surface area contributed by atoms with Crippen LogP contribution in [0.25, 0.3) is 0 Å². The number of rotatable bonds is 3. The minimum Gasteiger partial charge on any atom is -0.308 e. The topological polar surface area (TPSA) is 141 Å². The first-order chi connectivity index (χ1) is 9.08. The SMILES string of the molecule is Cn1cc(S(N)(=O)=O)c(NC(=O)C2CCS(=O)(=O)C2)n1. The van der Waals surface area contributed by atoms with Gasteiger partial charge in [-0.15, -0.1) is 0 Å². The van der Waals surface area contributed by atoms with Gasteiger partial charge in [-0.2, -0.15) is 5.10 Å². The van der Waals surface area contributed by atoms with Crippen molar-refractivity contribution in [3.8, 4) is 0 Å². The number of anilines is 1. The summed E-state index contributed by atoms with van der Waals surface area (Å²) in [4.78, 5) is 11.6. The van der Waals surface area contributed by atoms with Gasteiger partial charge < -0.3 is 5.32 Å². The molecular weight excluding hydrogens is 308 g/mol. The van der Waals surface area contributed by atoms with Crippen LogP contribution in [0.4, 0.5) is 5.82 Å². The molecule has 1 fully saturated rings. The smallest absolute Gasteiger partial charge is 0.243 e. The third-order valence-electron chi connectivity index (χ3n) is 2.95. The first kappa shape index (κ1) is 14.9. The van der Waals surface area contributed by atoms with E-state index in [2.05, 4.69) is 10.4 Å². The van der Waals surface area contributed by atoms with Crippen molar-refractivity contribution >= 4 is 31.6 Å². The number of carbonyl (C=O) groups excluding carboxylic acids is 1. The molecule has 2 heterocycles. The minimum absolute atomic E-state index is 0.0463. The molecule has 0 bridgehead atoms. The Morgan fingerprint density at radius 2 is 2.20 bits per heavy atom. The van der Waals surface area contributed by atoms with E-state index in [-0.39, 0.29) is 28.6 Å². The van der Waals surface area contributed by atoms with Gasteiger partial charge in [-0.3, -0.25) is 9.48 Å². The van der Waals surface area contributed by atoms with Crippen LogP contribution in [0.15, 0.2) is 11.1 Å². The van der Waals surface area contributed by atoms with E-state index < -0.39 is 31.7 Å². The van der Waals surface area contributed by atoms with Gasteiger partial charge in [0.2, 0.25) is 15.9 Å². The lowest BCUT2D eigenvalue weighted by Crippen LogP contribution is -2.25. The lowest BCUT2D eigenvalue weighted by Gasteiger charge is -2.08. The van der Waals surface area contributed by atoms with E-state index >= 15 is 0 Å². The molecule has 1 aliphatic rings. The number of nitrogens with one attached hydrogen (secondary N) is 1. The molecule has 1 aromatic rings. The number of aromatic nitrogens is 2. The number of sulfone groups is 1. The predicted octanol–water partition coefficient (Wildman–Crippen LogP) is -1.56. The molecule has 0 aromatic carbocycles. The number of sulfonamides is 1. The maximum Gasteiger partial charge on any atom is 0.243 e. The lowest BCUT2D eigenvalue weighted by molar-refractivity contribution is -0.119. The van der Waals surface area contributed by atoms with E-state index in [1.807, 2.05) is 0 Å². The molecule has 9 nitrogen and oxygen atoms in total. The van der Waals surface area contributed by atoms with E-state index in [9.17, 15) is 21.6 Å². The summed E-state index contributed by atoms with van der Waals surface area (Å²) < 4.78 is 46.5. The molecule has 0 spiro atoms. The molecule has 1 aromatic heterocycles. The van der Waals surface area contributed by atoms with E-state index in [0.717, 1.165) is 6.20 Å². The number of nitrogens with zero attached hydrogens (tertiary/aromatic N) is 2. The first-order valence-corrected chi connectivity index (χ1v) is 9.03. The van der Waals surface area contributed by atoms with Crippen LogP contribution >= 0.6 is 0 Å². The minimum atomic E-state index is -4.02. The van der Waals surface area contributed by atoms with Crippen molar-refractivity contribution in [3.63, 3.8) is 0 Å². The lowest BCUT2D eigenvalue weighted by atomic mass is 10.1. The largest absolute Gasteiger partial charge is 0.308 e. The quantitative estimate of drug-likeness (QED) is 0.689. The van der Waals surface area contributed by atoms with Crippen LogP contribution in [-0.4, -0.2) is 44.0 Å². The summed E-state index contributed by atoms with van der Waals surface area (Å²) in [5, 5.41) is 11.1. The summed E-state index contributed by atoms with van der Waals surface area (Å²) in [5.74, 6) is -1.75. The van der Waals surface area contributed by atoms with Gasteiger partial charge in [0.1, 0.15) is 4.90 Å².